The predicted molar refractivity (Wildman–Crippen MR) is 95.9 cm³/mol. The van der Waals surface area contributed by atoms with Crippen molar-refractivity contribution in [3.8, 4) is 11.5 Å². The van der Waals surface area contributed by atoms with Crippen LogP contribution in [0, 0.1) is 0 Å². The Balaban J connectivity index is 2.23. The molecule has 0 N–H and O–H groups in total. The van der Waals surface area contributed by atoms with E-state index in [0.717, 1.165) is 23.3 Å². The molecule has 0 aliphatic heterocycles. The van der Waals surface area contributed by atoms with Gasteiger partial charge in [-0.3, -0.25) is 0 Å². The molecule has 3 aromatic carbocycles. The Labute approximate surface area is 137 Å². The molecule has 0 saturated carbocycles. The van der Waals surface area contributed by atoms with Crippen molar-refractivity contribution in [3.63, 3.8) is 0 Å². The summed E-state index contributed by atoms with van der Waals surface area (Å²) in [6.45, 7) is 2.33. The zero-order valence-electron chi connectivity index (χ0n) is 14.0. The average Bonchev–Trinajstić information content (AvgIpc) is 2.60. The van der Waals surface area contributed by atoms with Crippen LogP contribution in [0.1, 0.15) is 36.8 Å². The molecule has 0 amide bonds. The molecule has 1 aliphatic rings. The summed E-state index contributed by atoms with van der Waals surface area (Å²) in [5, 5.41) is 4.86. The van der Waals surface area contributed by atoms with Crippen molar-refractivity contribution in [2.24, 2.45) is 0 Å². The van der Waals surface area contributed by atoms with E-state index in [9.17, 15) is 0 Å². The molecule has 0 fully saturated rings. The largest absolute Gasteiger partial charge is 0.492 e. The van der Waals surface area contributed by atoms with Gasteiger partial charge in [-0.15, -0.1) is 0 Å². The summed E-state index contributed by atoms with van der Waals surface area (Å²) >= 11 is 0. The second kappa shape index (κ2) is 5.45. The maximum atomic E-state index is 5.83. The van der Waals surface area contributed by atoms with Crippen LogP contribution in [0.15, 0.2) is 36.4 Å². The van der Waals surface area contributed by atoms with Gasteiger partial charge in [0.15, 0.2) is 11.5 Å². The van der Waals surface area contributed by atoms with E-state index < -0.39 is 0 Å². The third kappa shape index (κ3) is 2.01. The first-order valence-electron chi connectivity index (χ1n) is 8.34. The fourth-order valence-electron chi connectivity index (χ4n) is 4.17. The van der Waals surface area contributed by atoms with Gasteiger partial charge in [0, 0.05) is 10.8 Å². The van der Waals surface area contributed by atoms with Crippen LogP contribution in [0.3, 0.4) is 0 Å². The molecule has 1 unspecified atom stereocenters. The predicted octanol–water partition coefficient (Wildman–Crippen LogP) is 5.45. The van der Waals surface area contributed by atoms with Gasteiger partial charge < -0.3 is 9.47 Å². The van der Waals surface area contributed by atoms with E-state index in [-0.39, 0.29) is 0 Å². The molecule has 118 valence electrons. The van der Waals surface area contributed by atoms with Gasteiger partial charge in [0.2, 0.25) is 0 Å². The zero-order valence-corrected chi connectivity index (χ0v) is 14.0. The van der Waals surface area contributed by atoms with Crippen molar-refractivity contribution >= 4 is 21.5 Å². The zero-order chi connectivity index (χ0) is 16.0. The number of fused-ring (bicyclic) bond motifs is 5. The SMILES string of the molecule is COc1c(OC)c2c3c(ccc2c2ccccc12)C(C)CCC3. The van der Waals surface area contributed by atoms with Gasteiger partial charge in [-0.05, 0) is 47.1 Å². The Bertz CT molecular complexity index is 895. The fraction of sp³-hybridized carbons (Fsp3) is 0.333. The Morgan fingerprint density at radius 3 is 2.35 bits per heavy atom. The number of hydrogen-bond acceptors (Lipinski definition) is 2. The third-order valence-corrected chi connectivity index (χ3v) is 5.25. The molecule has 0 bridgehead atoms. The van der Waals surface area contributed by atoms with Gasteiger partial charge in [-0.1, -0.05) is 43.3 Å². The van der Waals surface area contributed by atoms with E-state index in [4.69, 9.17) is 9.47 Å². The maximum absolute atomic E-state index is 5.83. The molecular formula is C21H22O2. The van der Waals surface area contributed by atoms with Gasteiger partial charge in [0.25, 0.3) is 0 Å². The van der Waals surface area contributed by atoms with E-state index in [0.29, 0.717) is 5.92 Å². The Morgan fingerprint density at radius 1 is 0.870 bits per heavy atom. The van der Waals surface area contributed by atoms with Crippen LogP contribution in [-0.2, 0) is 6.42 Å². The van der Waals surface area contributed by atoms with Crippen LogP contribution in [0.5, 0.6) is 11.5 Å². The second-order valence-corrected chi connectivity index (χ2v) is 6.46. The van der Waals surface area contributed by atoms with Crippen LogP contribution >= 0.6 is 0 Å². The first-order valence-corrected chi connectivity index (χ1v) is 8.34. The molecule has 4 rings (SSSR count). The van der Waals surface area contributed by atoms with Gasteiger partial charge >= 0.3 is 0 Å². The van der Waals surface area contributed by atoms with Gasteiger partial charge in [-0.25, -0.2) is 0 Å². The summed E-state index contributed by atoms with van der Waals surface area (Å²) in [4.78, 5) is 0. The van der Waals surface area contributed by atoms with E-state index in [1.807, 2.05) is 0 Å². The van der Waals surface area contributed by atoms with Gasteiger partial charge in [0.1, 0.15) is 0 Å². The average molecular weight is 306 g/mol. The lowest BCUT2D eigenvalue weighted by molar-refractivity contribution is 0.362. The van der Waals surface area contributed by atoms with Crippen molar-refractivity contribution in [3.05, 3.63) is 47.5 Å². The van der Waals surface area contributed by atoms with Crippen molar-refractivity contribution in [1.29, 1.82) is 0 Å². The number of methoxy groups -OCH3 is 2. The lowest BCUT2D eigenvalue weighted by Crippen LogP contribution is -2.08. The molecule has 2 heteroatoms. The molecule has 0 saturated heterocycles. The minimum Gasteiger partial charge on any atom is -0.492 e. The number of rotatable bonds is 2. The lowest BCUT2D eigenvalue weighted by Gasteiger charge is -2.26. The molecule has 1 atom stereocenters. The van der Waals surface area contributed by atoms with E-state index >= 15 is 0 Å². The number of aryl methyl sites for hydroxylation is 1. The minimum absolute atomic E-state index is 0.616. The van der Waals surface area contributed by atoms with Gasteiger partial charge in [-0.2, -0.15) is 0 Å². The van der Waals surface area contributed by atoms with Crippen LogP contribution in [-0.4, -0.2) is 14.2 Å². The summed E-state index contributed by atoms with van der Waals surface area (Å²) in [5.74, 6) is 2.35. The number of hydrogen-bond donors (Lipinski definition) is 0. The molecule has 3 aromatic rings. The van der Waals surface area contributed by atoms with Crippen molar-refractivity contribution < 1.29 is 9.47 Å². The monoisotopic (exact) mass is 306 g/mol. The van der Waals surface area contributed by atoms with E-state index in [2.05, 4.69) is 43.3 Å². The van der Waals surface area contributed by atoms with Crippen LogP contribution < -0.4 is 9.47 Å². The van der Waals surface area contributed by atoms with Crippen LogP contribution in [0.4, 0.5) is 0 Å². The van der Waals surface area contributed by atoms with Gasteiger partial charge in [0.05, 0.1) is 14.2 Å². The maximum Gasteiger partial charge on any atom is 0.169 e. The summed E-state index contributed by atoms with van der Waals surface area (Å²) in [7, 11) is 3.48. The summed E-state index contributed by atoms with van der Waals surface area (Å²) < 4.78 is 11.6. The van der Waals surface area contributed by atoms with Crippen LogP contribution in [0.2, 0.25) is 0 Å². The minimum atomic E-state index is 0.616. The molecule has 0 heterocycles. The Morgan fingerprint density at radius 2 is 1.61 bits per heavy atom. The quantitative estimate of drug-likeness (QED) is 0.586. The van der Waals surface area contributed by atoms with Crippen LogP contribution in [0.25, 0.3) is 21.5 Å². The first-order chi connectivity index (χ1) is 11.3. The second-order valence-electron chi connectivity index (χ2n) is 6.46. The number of benzene rings is 3. The Hall–Kier alpha value is -2.22. The molecule has 2 nitrogen and oxygen atoms in total. The summed E-state index contributed by atoms with van der Waals surface area (Å²) in [6, 6.07) is 13.0. The molecule has 0 aromatic heterocycles. The normalized spacial score (nSPS) is 17.3. The standard InChI is InChI=1S/C21H22O2/c1-13-7-6-10-16-14(13)11-12-17-15-8-4-5-9-18(15)20(22-2)21(23-3)19(16)17/h4-5,8-9,11-13H,6-7,10H2,1-3H3. The van der Waals surface area contributed by atoms with E-state index in [1.54, 1.807) is 14.2 Å². The Kier molecular flexibility index (Phi) is 3.41. The smallest absolute Gasteiger partial charge is 0.169 e. The first kappa shape index (κ1) is 14.4. The molecule has 23 heavy (non-hydrogen) atoms. The fourth-order valence-corrected chi connectivity index (χ4v) is 4.17. The summed E-state index contributed by atoms with van der Waals surface area (Å²) in [6.07, 6.45) is 3.63. The topological polar surface area (TPSA) is 18.5 Å². The number of ether oxygens (including phenoxy) is 2. The summed E-state index contributed by atoms with van der Waals surface area (Å²) in [5.41, 5.74) is 2.92. The highest BCUT2D eigenvalue weighted by Gasteiger charge is 2.24. The van der Waals surface area contributed by atoms with Crippen molar-refractivity contribution in [2.75, 3.05) is 14.2 Å². The molecule has 0 spiro atoms. The van der Waals surface area contributed by atoms with Crippen molar-refractivity contribution in [1.82, 2.24) is 0 Å². The molecular weight excluding hydrogens is 284 g/mol. The van der Waals surface area contributed by atoms with E-state index in [1.165, 1.54) is 40.1 Å². The molecule has 1 aliphatic carbocycles. The third-order valence-electron chi connectivity index (χ3n) is 5.25. The molecule has 0 radical (unpaired) electrons. The highest BCUT2D eigenvalue weighted by Crippen LogP contribution is 2.47. The highest BCUT2D eigenvalue weighted by atomic mass is 16.5. The van der Waals surface area contributed by atoms with Crippen molar-refractivity contribution in [2.45, 2.75) is 32.1 Å². The highest BCUT2D eigenvalue weighted by molar-refractivity contribution is 6.15. The lowest BCUT2D eigenvalue weighted by atomic mass is 9.80.